The summed E-state index contributed by atoms with van der Waals surface area (Å²) in [7, 11) is -0.779. The fraction of sp³-hybridized carbons (Fsp3) is 0.625. The van der Waals surface area contributed by atoms with Crippen molar-refractivity contribution in [2.45, 2.75) is 45.6 Å². The molecule has 0 aliphatic rings. The second-order valence-corrected chi connectivity index (χ2v) is 7.79. The normalized spacial score (nSPS) is 11.8. The summed E-state index contributed by atoms with van der Waals surface area (Å²) in [5.74, 6) is -0.178. The van der Waals surface area contributed by atoms with Gasteiger partial charge < -0.3 is 13.3 Å². The predicted octanol–water partition coefficient (Wildman–Crippen LogP) is 4.20. The van der Waals surface area contributed by atoms with Crippen molar-refractivity contribution in [1.29, 1.82) is 0 Å². The summed E-state index contributed by atoms with van der Waals surface area (Å²) in [4.78, 5) is 0. The highest BCUT2D eigenvalue weighted by Gasteiger charge is 2.38. The lowest BCUT2D eigenvalue weighted by atomic mass is 10.1. The molecule has 0 N–H and O–H groups in total. The van der Waals surface area contributed by atoms with Gasteiger partial charge in [-0.1, -0.05) is 18.6 Å². The summed E-state index contributed by atoms with van der Waals surface area (Å²) in [5, 5.41) is 0. The van der Waals surface area contributed by atoms with Crippen LogP contribution in [0.5, 0.6) is 0 Å². The van der Waals surface area contributed by atoms with Crippen LogP contribution in [0.2, 0.25) is 6.04 Å². The van der Waals surface area contributed by atoms with Crippen molar-refractivity contribution < 1.29 is 17.7 Å². The summed E-state index contributed by atoms with van der Waals surface area (Å²) in [5.41, 5.74) is 1.18. The molecule has 1 aromatic carbocycles. The van der Waals surface area contributed by atoms with Gasteiger partial charge in [0.2, 0.25) is 0 Å². The Balaban J connectivity index is 2.29. The number of unbranched alkanes of at least 4 members (excludes halogenated alkanes) is 2. The number of benzene rings is 1. The average molecular weight is 314 g/mol. The van der Waals surface area contributed by atoms with Gasteiger partial charge in [-0.15, -0.1) is 0 Å². The number of aryl methyl sites for hydroxylation is 1. The Bertz CT molecular complexity index is 378. The van der Waals surface area contributed by atoms with Gasteiger partial charge in [-0.3, -0.25) is 0 Å². The molecule has 0 aromatic heterocycles. The van der Waals surface area contributed by atoms with Crippen molar-refractivity contribution in [1.82, 2.24) is 0 Å². The van der Waals surface area contributed by atoms with Gasteiger partial charge in [-0.25, -0.2) is 4.39 Å². The Hall–Kier alpha value is -0.753. The number of halogens is 1. The molecule has 21 heavy (non-hydrogen) atoms. The molecule has 3 nitrogen and oxygen atoms in total. The molecular weight excluding hydrogens is 287 g/mol. The number of rotatable bonds is 11. The Labute approximate surface area is 128 Å². The quantitative estimate of drug-likeness (QED) is 0.452. The van der Waals surface area contributed by atoms with E-state index in [-0.39, 0.29) is 5.82 Å². The van der Waals surface area contributed by atoms with Gasteiger partial charge in [0, 0.05) is 26.4 Å². The third kappa shape index (κ3) is 6.69. The zero-order chi connectivity index (χ0) is 15.6. The van der Waals surface area contributed by atoms with E-state index in [1.165, 1.54) is 17.7 Å². The molecule has 0 heterocycles. The number of hydrogen-bond donors (Lipinski definition) is 0. The van der Waals surface area contributed by atoms with Crippen LogP contribution in [0.1, 0.15) is 38.7 Å². The highest BCUT2D eigenvalue weighted by Crippen LogP contribution is 2.19. The van der Waals surface area contributed by atoms with E-state index < -0.39 is 8.80 Å². The summed E-state index contributed by atoms with van der Waals surface area (Å²) < 4.78 is 29.9. The SMILES string of the molecule is CCO[Si](CCCCCc1ccc(F)cc1)(OC)OCC. The van der Waals surface area contributed by atoms with Crippen LogP contribution >= 0.6 is 0 Å². The summed E-state index contributed by atoms with van der Waals surface area (Å²) in [6, 6.07) is 7.59. The minimum atomic E-state index is -2.46. The largest absolute Gasteiger partial charge is 0.500 e. The van der Waals surface area contributed by atoms with E-state index in [9.17, 15) is 4.39 Å². The van der Waals surface area contributed by atoms with Crippen molar-refractivity contribution in [3.63, 3.8) is 0 Å². The second kappa shape index (κ2) is 10.1. The molecule has 1 rings (SSSR count). The molecule has 0 fully saturated rings. The van der Waals surface area contributed by atoms with E-state index in [0.717, 1.165) is 31.7 Å². The molecule has 0 atom stereocenters. The lowest BCUT2D eigenvalue weighted by Gasteiger charge is -2.27. The molecule has 0 saturated heterocycles. The monoisotopic (exact) mass is 314 g/mol. The molecule has 1 aromatic rings. The van der Waals surface area contributed by atoms with Gasteiger partial charge in [-0.2, -0.15) is 0 Å². The molecule has 120 valence electrons. The summed E-state index contributed by atoms with van der Waals surface area (Å²) in [6.07, 6.45) is 4.18. The van der Waals surface area contributed by atoms with E-state index >= 15 is 0 Å². The van der Waals surface area contributed by atoms with Gasteiger partial charge in [-0.05, 0) is 50.8 Å². The number of hydrogen-bond acceptors (Lipinski definition) is 3. The Morgan fingerprint density at radius 2 is 1.57 bits per heavy atom. The zero-order valence-electron chi connectivity index (χ0n) is 13.4. The smallest absolute Gasteiger partial charge is 0.377 e. The van der Waals surface area contributed by atoms with Crippen LogP contribution < -0.4 is 0 Å². The molecule has 0 saturated carbocycles. The maximum absolute atomic E-state index is 12.8. The van der Waals surface area contributed by atoms with Gasteiger partial charge in [0.15, 0.2) is 0 Å². The van der Waals surface area contributed by atoms with Crippen LogP contribution in [0.3, 0.4) is 0 Å². The second-order valence-electron chi connectivity index (χ2n) is 4.94. The molecule has 0 aliphatic carbocycles. The highest BCUT2D eigenvalue weighted by atomic mass is 28.4. The maximum atomic E-state index is 12.8. The Kier molecular flexibility index (Phi) is 8.76. The van der Waals surface area contributed by atoms with Gasteiger partial charge in [0.05, 0.1) is 0 Å². The van der Waals surface area contributed by atoms with E-state index in [0.29, 0.717) is 13.2 Å². The van der Waals surface area contributed by atoms with Crippen LogP contribution in [0.15, 0.2) is 24.3 Å². The predicted molar refractivity (Wildman–Crippen MR) is 84.8 cm³/mol. The molecule has 0 bridgehead atoms. The minimum absolute atomic E-state index is 0.178. The van der Waals surface area contributed by atoms with Gasteiger partial charge in [0.1, 0.15) is 5.82 Å². The van der Waals surface area contributed by atoms with Crippen molar-refractivity contribution in [3.05, 3.63) is 35.6 Å². The van der Waals surface area contributed by atoms with Crippen LogP contribution in [-0.2, 0) is 19.7 Å². The first-order valence-corrected chi connectivity index (χ1v) is 9.66. The topological polar surface area (TPSA) is 27.7 Å². The molecule has 0 radical (unpaired) electrons. The first-order chi connectivity index (χ1) is 10.2. The fourth-order valence-corrected chi connectivity index (χ4v) is 4.72. The molecular formula is C16H27FO3Si. The lowest BCUT2D eigenvalue weighted by Crippen LogP contribution is -2.44. The van der Waals surface area contributed by atoms with Crippen LogP contribution in [0.25, 0.3) is 0 Å². The van der Waals surface area contributed by atoms with Crippen molar-refractivity contribution in [2.75, 3.05) is 20.3 Å². The average Bonchev–Trinajstić information content (AvgIpc) is 2.49. The summed E-state index contributed by atoms with van der Waals surface area (Å²) >= 11 is 0. The van der Waals surface area contributed by atoms with Gasteiger partial charge in [0.25, 0.3) is 0 Å². The molecule has 0 unspecified atom stereocenters. The van der Waals surface area contributed by atoms with Crippen molar-refractivity contribution in [3.8, 4) is 0 Å². The zero-order valence-corrected chi connectivity index (χ0v) is 14.4. The van der Waals surface area contributed by atoms with Crippen LogP contribution in [-0.4, -0.2) is 29.1 Å². The van der Waals surface area contributed by atoms with Crippen molar-refractivity contribution >= 4 is 8.80 Å². The van der Waals surface area contributed by atoms with Crippen LogP contribution in [0.4, 0.5) is 4.39 Å². The maximum Gasteiger partial charge on any atom is 0.500 e. The minimum Gasteiger partial charge on any atom is -0.377 e. The third-order valence-electron chi connectivity index (χ3n) is 3.40. The molecule has 5 heteroatoms. The third-order valence-corrected chi connectivity index (χ3v) is 6.45. The molecule has 0 spiro atoms. The standard InChI is InChI=1S/C16H27FO3Si/c1-4-19-21(18-3,20-5-2)14-8-6-7-9-15-10-12-16(17)13-11-15/h10-13H,4-9,14H2,1-3H3. The van der Waals surface area contributed by atoms with E-state index in [1.807, 2.05) is 26.0 Å². The molecule has 0 aliphatic heterocycles. The van der Waals surface area contributed by atoms with Crippen LogP contribution in [0, 0.1) is 5.82 Å². The van der Waals surface area contributed by atoms with E-state index in [1.54, 1.807) is 7.11 Å². The van der Waals surface area contributed by atoms with E-state index in [2.05, 4.69) is 0 Å². The first kappa shape index (κ1) is 18.3. The summed E-state index contributed by atoms with van der Waals surface area (Å²) in [6.45, 7) is 5.17. The van der Waals surface area contributed by atoms with E-state index in [4.69, 9.17) is 13.3 Å². The highest BCUT2D eigenvalue weighted by molar-refractivity contribution is 6.60. The molecule has 0 amide bonds. The van der Waals surface area contributed by atoms with Crippen molar-refractivity contribution in [2.24, 2.45) is 0 Å². The Morgan fingerprint density at radius 3 is 2.10 bits per heavy atom. The lowest BCUT2D eigenvalue weighted by molar-refractivity contribution is 0.0859. The Morgan fingerprint density at radius 1 is 0.952 bits per heavy atom. The van der Waals surface area contributed by atoms with Gasteiger partial charge >= 0.3 is 8.80 Å². The fourth-order valence-electron chi connectivity index (χ4n) is 2.34. The first-order valence-electron chi connectivity index (χ1n) is 7.73.